The van der Waals surface area contributed by atoms with E-state index in [0.29, 0.717) is 32.2 Å². The van der Waals surface area contributed by atoms with E-state index in [1.165, 1.54) is 0 Å². The van der Waals surface area contributed by atoms with Crippen LogP contribution in [0.15, 0.2) is 30.3 Å². The first-order valence-corrected chi connectivity index (χ1v) is 7.05. The number of carbonyl (C=O) groups excluding carboxylic acids is 3. The van der Waals surface area contributed by atoms with Gasteiger partial charge >= 0.3 is 0 Å². The van der Waals surface area contributed by atoms with E-state index in [1.807, 2.05) is 30.3 Å². The Bertz CT molecular complexity index is 536. The number of Topliss-reactive ketones (excluding diaryl/α,β-unsaturated/α-hetero) is 2. The standard InChI is InChI=1S/C16H17NO3/c18-13-7-8-14(19)16(13)12-6-9-15(20)17(12)10-11-4-2-1-3-5-11/h1-5,12,16H,6-10H2. The first-order valence-electron chi connectivity index (χ1n) is 7.05. The molecule has 1 aliphatic carbocycles. The third kappa shape index (κ3) is 2.26. The van der Waals surface area contributed by atoms with Gasteiger partial charge in [0, 0.05) is 31.8 Å². The Hall–Kier alpha value is -1.97. The molecule has 1 saturated carbocycles. The predicted octanol–water partition coefficient (Wildman–Crippen LogP) is 1.73. The number of likely N-dealkylation sites (tertiary alicyclic amines) is 1. The molecule has 1 aromatic carbocycles. The number of benzene rings is 1. The highest BCUT2D eigenvalue weighted by Gasteiger charge is 2.45. The SMILES string of the molecule is O=C1CCC(=O)C1C1CCC(=O)N1Cc1ccccc1. The lowest BCUT2D eigenvalue weighted by atomic mass is 9.94. The van der Waals surface area contributed by atoms with Gasteiger partial charge in [-0.25, -0.2) is 0 Å². The number of hydrogen-bond donors (Lipinski definition) is 0. The lowest BCUT2D eigenvalue weighted by molar-refractivity contribution is -0.134. The van der Waals surface area contributed by atoms with Crippen LogP contribution in [0.2, 0.25) is 0 Å². The molecule has 4 nitrogen and oxygen atoms in total. The van der Waals surface area contributed by atoms with Crippen molar-refractivity contribution >= 4 is 17.5 Å². The van der Waals surface area contributed by atoms with E-state index in [-0.39, 0.29) is 23.5 Å². The zero-order chi connectivity index (χ0) is 14.1. The van der Waals surface area contributed by atoms with Crippen LogP contribution in [0.4, 0.5) is 0 Å². The number of amides is 1. The Morgan fingerprint density at radius 1 is 0.950 bits per heavy atom. The fourth-order valence-electron chi connectivity index (χ4n) is 3.25. The lowest BCUT2D eigenvalue weighted by Gasteiger charge is -2.28. The van der Waals surface area contributed by atoms with Gasteiger partial charge in [0.25, 0.3) is 0 Å². The maximum Gasteiger partial charge on any atom is 0.223 e. The zero-order valence-electron chi connectivity index (χ0n) is 11.2. The normalized spacial score (nSPS) is 23.9. The Labute approximate surface area is 117 Å². The van der Waals surface area contributed by atoms with Crippen LogP contribution in [0.25, 0.3) is 0 Å². The molecular weight excluding hydrogens is 254 g/mol. The van der Waals surface area contributed by atoms with Crippen LogP contribution in [-0.4, -0.2) is 28.4 Å². The maximum atomic E-state index is 12.1. The van der Waals surface area contributed by atoms with Gasteiger partial charge in [0.1, 0.15) is 11.6 Å². The van der Waals surface area contributed by atoms with Crippen molar-refractivity contribution in [1.29, 1.82) is 0 Å². The van der Waals surface area contributed by atoms with E-state index in [0.717, 1.165) is 5.56 Å². The topological polar surface area (TPSA) is 54.5 Å². The van der Waals surface area contributed by atoms with Gasteiger partial charge in [-0.15, -0.1) is 0 Å². The Morgan fingerprint density at radius 2 is 1.60 bits per heavy atom. The number of nitrogens with zero attached hydrogens (tertiary/aromatic N) is 1. The first kappa shape index (κ1) is 13.0. The van der Waals surface area contributed by atoms with Crippen molar-refractivity contribution in [3.05, 3.63) is 35.9 Å². The fourth-order valence-corrected chi connectivity index (χ4v) is 3.25. The molecule has 0 aromatic heterocycles. The van der Waals surface area contributed by atoms with E-state index in [4.69, 9.17) is 0 Å². The fraction of sp³-hybridized carbons (Fsp3) is 0.438. The Morgan fingerprint density at radius 3 is 2.25 bits per heavy atom. The molecule has 1 heterocycles. The second kappa shape index (κ2) is 5.19. The minimum Gasteiger partial charge on any atom is -0.334 e. The lowest BCUT2D eigenvalue weighted by Crippen LogP contribution is -2.41. The Kier molecular flexibility index (Phi) is 3.38. The summed E-state index contributed by atoms with van der Waals surface area (Å²) in [5, 5.41) is 0. The summed E-state index contributed by atoms with van der Waals surface area (Å²) in [5.41, 5.74) is 1.03. The highest BCUT2D eigenvalue weighted by atomic mass is 16.2. The first-order chi connectivity index (χ1) is 9.66. The monoisotopic (exact) mass is 271 g/mol. The van der Waals surface area contributed by atoms with Crippen LogP contribution < -0.4 is 0 Å². The van der Waals surface area contributed by atoms with Crippen LogP contribution in [-0.2, 0) is 20.9 Å². The maximum absolute atomic E-state index is 12.1. The molecule has 0 bridgehead atoms. The molecule has 3 rings (SSSR count). The second-order valence-electron chi connectivity index (χ2n) is 5.52. The van der Waals surface area contributed by atoms with Crippen molar-refractivity contribution in [3.63, 3.8) is 0 Å². The Balaban J connectivity index is 1.82. The minimum atomic E-state index is -0.579. The average Bonchev–Trinajstić information content (AvgIpc) is 2.96. The molecule has 0 radical (unpaired) electrons. The largest absolute Gasteiger partial charge is 0.334 e. The highest BCUT2D eigenvalue weighted by molar-refractivity contribution is 6.09. The summed E-state index contributed by atoms with van der Waals surface area (Å²) < 4.78 is 0. The van der Waals surface area contributed by atoms with Crippen molar-refractivity contribution in [1.82, 2.24) is 4.90 Å². The van der Waals surface area contributed by atoms with E-state index < -0.39 is 5.92 Å². The molecule has 20 heavy (non-hydrogen) atoms. The molecule has 104 valence electrons. The molecule has 1 saturated heterocycles. The highest BCUT2D eigenvalue weighted by Crippen LogP contribution is 2.32. The van der Waals surface area contributed by atoms with Crippen molar-refractivity contribution < 1.29 is 14.4 Å². The number of ketones is 2. The van der Waals surface area contributed by atoms with Gasteiger partial charge in [-0.05, 0) is 12.0 Å². The van der Waals surface area contributed by atoms with Crippen molar-refractivity contribution in [2.24, 2.45) is 5.92 Å². The smallest absolute Gasteiger partial charge is 0.223 e. The van der Waals surface area contributed by atoms with Crippen LogP contribution in [0, 0.1) is 5.92 Å². The number of hydrogen-bond acceptors (Lipinski definition) is 3. The quantitative estimate of drug-likeness (QED) is 0.787. The molecule has 1 unspecified atom stereocenters. The molecule has 2 fully saturated rings. The molecule has 1 atom stereocenters. The summed E-state index contributed by atoms with van der Waals surface area (Å²) in [4.78, 5) is 37.6. The summed E-state index contributed by atoms with van der Waals surface area (Å²) in [7, 11) is 0. The van der Waals surface area contributed by atoms with E-state index in [9.17, 15) is 14.4 Å². The third-order valence-corrected chi connectivity index (χ3v) is 4.27. The van der Waals surface area contributed by atoms with Crippen molar-refractivity contribution in [2.75, 3.05) is 0 Å². The van der Waals surface area contributed by atoms with Gasteiger partial charge in [0.15, 0.2) is 0 Å². The van der Waals surface area contributed by atoms with Gasteiger partial charge in [0.05, 0.1) is 5.92 Å². The van der Waals surface area contributed by atoms with Crippen LogP contribution in [0.5, 0.6) is 0 Å². The molecule has 4 heteroatoms. The summed E-state index contributed by atoms with van der Waals surface area (Å²) in [6.07, 6.45) is 1.74. The molecule has 2 aliphatic rings. The van der Waals surface area contributed by atoms with Crippen molar-refractivity contribution in [3.8, 4) is 0 Å². The summed E-state index contributed by atoms with van der Waals surface area (Å²) in [5.74, 6) is -0.517. The van der Waals surface area contributed by atoms with E-state index in [2.05, 4.69) is 0 Å². The van der Waals surface area contributed by atoms with Crippen molar-refractivity contribution in [2.45, 2.75) is 38.3 Å². The molecule has 1 aliphatic heterocycles. The van der Waals surface area contributed by atoms with Crippen LogP contribution in [0.1, 0.15) is 31.2 Å². The molecule has 0 spiro atoms. The predicted molar refractivity (Wildman–Crippen MR) is 72.8 cm³/mol. The molecule has 1 aromatic rings. The van der Waals surface area contributed by atoms with Gasteiger partial charge in [-0.1, -0.05) is 30.3 Å². The summed E-state index contributed by atoms with van der Waals surface area (Å²) in [6.45, 7) is 0.487. The molecule has 0 N–H and O–H groups in total. The van der Waals surface area contributed by atoms with Gasteiger partial charge in [0.2, 0.25) is 5.91 Å². The van der Waals surface area contributed by atoms with E-state index >= 15 is 0 Å². The summed E-state index contributed by atoms with van der Waals surface area (Å²) in [6, 6.07) is 9.47. The summed E-state index contributed by atoms with van der Waals surface area (Å²) >= 11 is 0. The second-order valence-corrected chi connectivity index (χ2v) is 5.52. The third-order valence-electron chi connectivity index (χ3n) is 4.27. The molecule has 1 amide bonds. The van der Waals surface area contributed by atoms with Gasteiger partial charge in [-0.3, -0.25) is 14.4 Å². The minimum absolute atomic E-state index is 0.00719. The van der Waals surface area contributed by atoms with Crippen LogP contribution in [0.3, 0.4) is 0 Å². The van der Waals surface area contributed by atoms with Crippen LogP contribution >= 0.6 is 0 Å². The zero-order valence-corrected chi connectivity index (χ0v) is 11.2. The number of carbonyl (C=O) groups is 3. The van der Waals surface area contributed by atoms with Gasteiger partial charge < -0.3 is 4.90 Å². The number of rotatable bonds is 3. The van der Waals surface area contributed by atoms with Gasteiger partial charge in [-0.2, -0.15) is 0 Å². The van der Waals surface area contributed by atoms with E-state index in [1.54, 1.807) is 4.90 Å². The average molecular weight is 271 g/mol. The molecular formula is C16H17NO3.